The minimum Gasteiger partial charge on any atom is -0.302 e. The van der Waals surface area contributed by atoms with Crippen LogP contribution in [0.3, 0.4) is 0 Å². The monoisotopic (exact) mass is 203 g/mol. The van der Waals surface area contributed by atoms with Crippen LogP contribution in [-0.4, -0.2) is 23.3 Å². The Bertz CT molecular complexity index is 359. The number of hydrogen-bond donors (Lipinski definition) is 0. The smallest absolute Gasteiger partial charge is 0.137 e. The van der Waals surface area contributed by atoms with Crippen LogP contribution in [0.25, 0.3) is 0 Å². The minimum absolute atomic E-state index is 0.0555. The van der Waals surface area contributed by atoms with Crippen LogP contribution in [0.2, 0.25) is 0 Å². The maximum absolute atomic E-state index is 11.0. The Morgan fingerprint density at radius 1 is 1.33 bits per heavy atom. The lowest BCUT2D eigenvalue weighted by molar-refractivity contribution is -0.113. The second-order valence-electron chi connectivity index (χ2n) is 4.44. The van der Waals surface area contributed by atoms with Crippen LogP contribution >= 0.6 is 0 Å². The number of aldehydes is 1. The normalized spacial score (nSPS) is 21.4. The average Bonchev–Trinajstić information content (AvgIpc) is 2.27. The van der Waals surface area contributed by atoms with E-state index in [2.05, 4.69) is 36.9 Å². The summed E-state index contributed by atoms with van der Waals surface area (Å²) in [6.45, 7) is 5.19. The van der Waals surface area contributed by atoms with E-state index in [4.69, 9.17) is 0 Å². The lowest BCUT2D eigenvalue weighted by Crippen LogP contribution is -2.45. The lowest BCUT2D eigenvalue weighted by atomic mass is 9.94. The lowest BCUT2D eigenvalue weighted by Gasteiger charge is -2.36. The molecule has 1 aliphatic heterocycles. The van der Waals surface area contributed by atoms with Crippen molar-refractivity contribution in [3.8, 4) is 0 Å². The van der Waals surface area contributed by atoms with Gasteiger partial charge < -0.3 is 4.79 Å². The van der Waals surface area contributed by atoms with Crippen LogP contribution in [0.15, 0.2) is 24.3 Å². The third-order valence-electron chi connectivity index (χ3n) is 3.15. The van der Waals surface area contributed by atoms with Crippen LogP contribution in [0, 0.1) is 0 Å². The Morgan fingerprint density at radius 2 is 2.00 bits per heavy atom. The Morgan fingerprint density at radius 3 is 2.60 bits per heavy atom. The summed E-state index contributed by atoms with van der Waals surface area (Å²) in [5.74, 6) is 0. The molecule has 1 heterocycles. The van der Waals surface area contributed by atoms with Gasteiger partial charge in [0.25, 0.3) is 0 Å². The van der Waals surface area contributed by atoms with Crippen molar-refractivity contribution in [2.45, 2.75) is 38.9 Å². The van der Waals surface area contributed by atoms with Crippen molar-refractivity contribution in [2.75, 3.05) is 0 Å². The van der Waals surface area contributed by atoms with Gasteiger partial charge in [0.15, 0.2) is 0 Å². The zero-order valence-corrected chi connectivity index (χ0v) is 9.31. The van der Waals surface area contributed by atoms with E-state index in [0.29, 0.717) is 6.04 Å². The number of carbonyl (C=O) groups excluding carboxylic acids is 1. The highest BCUT2D eigenvalue weighted by Gasteiger charge is 2.26. The molecule has 80 valence electrons. The Hall–Kier alpha value is -1.15. The van der Waals surface area contributed by atoms with Gasteiger partial charge in [-0.05, 0) is 31.4 Å². The van der Waals surface area contributed by atoms with Crippen molar-refractivity contribution in [3.63, 3.8) is 0 Å². The molecule has 1 atom stereocenters. The summed E-state index contributed by atoms with van der Waals surface area (Å²) < 4.78 is 0. The quantitative estimate of drug-likeness (QED) is 0.685. The van der Waals surface area contributed by atoms with Crippen LogP contribution in [0.4, 0.5) is 0 Å². The second-order valence-corrected chi connectivity index (χ2v) is 4.44. The average molecular weight is 203 g/mol. The van der Waals surface area contributed by atoms with E-state index in [1.807, 2.05) is 6.07 Å². The highest BCUT2D eigenvalue weighted by atomic mass is 16.1. The fraction of sp³-hybridized carbons (Fsp3) is 0.462. The van der Waals surface area contributed by atoms with E-state index in [0.717, 1.165) is 19.3 Å². The highest BCUT2D eigenvalue weighted by molar-refractivity contribution is 5.59. The first kappa shape index (κ1) is 10.4. The molecule has 0 unspecified atom stereocenters. The first-order chi connectivity index (χ1) is 7.22. The Labute approximate surface area is 90.9 Å². The van der Waals surface area contributed by atoms with Gasteiger partial charge in [-0.2, -0.15) is 0 Å². The molecule has 0 amide bonds. The third kappa shape index (κ3) is 1.95. The molecule has 0 aliphatic carbocycles. The van der Waals surface area contributed by atoms with E-state index < -0.39 is 0 Å². The van der Waals surface area contributed by atoms with E-state index in [1.54, 1.807) is 0 Å². The molecule has 1 aliphatic rings. The van der Waals surface area contributed by atoms with Crippen molar-refractivity contribution in [1.82, 2.24) is 4.90 Å². The molecule has 0 aromatic heterocycles. The predicted octanol–water partition coefficient (Wildman–Crippen LogP) is 2.02. The van der Waals surface area contributed by atoms with Crippen LogP contribution in [0.5, 0.6) is 0 Å². The standard InChI is InChI=1S/C13H17NO/c1-10(2)14-8-12-6-4-3-5-11(12)7-13(14)9-15/h3-6,9-10,13H,7-8H2,1-2H3/t13-/m0/s1. The summed E-state index contributed by atoms with van der Waals surface area (Å²) in [7, 11) is 0. The molecule has 2 heteroatoms. The number of hydrogen-bond acceptors (Lipinski definition) is 2. The Balaban J connectivity index is 2.30. The molecule has 0 fully saturated rings. The summed E-state index contributed by atoms with van der Waals surface area (Å²) in [6.07, 6.45) is 1.94. The van der Waals surface area contributed by atoms with E-state index in [1.165, 1.54) is 11.1 Å². The van der Waals surface area contributed by atoms with Gasteiger partial charge in [0.05, 0.1) is 6.04 Å². The molecule has 2 rings (SSSR count). The molecule has 0 saturated carbocycles. The first-order valence-corrected chi connectivity index (χ1v) is 5.50. The highest BCUT2D eigenvalue weighted by Crippen LogP contribution is 2.23. The maximum Gasteiger partial charge on any atom is 0.137 e. The maximum atomic E-state index is 11.0. The minimum atomic E-state index is 0.0555. The third-order valence-corrected chi connectivity index (χ3v) is 3.15. The summed E-state index contributed by atoms with van der Waals surface area (Å²) >= 11 is 0. The number of benzene rings is 1. The summed E-state index contributed by atoms with van der Waals surface area (Å²) in [5, 5.41) is 0. The van der Waals surface area contributed by atoms with Gasteiger partial charge in [0.2, 0.25) is 0 Å². The van der Waals surface area contributed by atoms with Gasteiger partial charge in [0.1, 0.15) is 6.29 Å². The molecule has 0 bridgehead atoms. The molecule has 15 heavy (non-hydrogen) atoms. The van der Waals surface area contributed by atoms with Crippen LogP contribution in [-0.2, 0) is 17.8 Å². The summed E-state index contributed by atoms with van der Waals surface area (Å²) in [5.41, 5.74) is 2.69. The topological polar surface area (TPSA) is 20.3 Å². The number of fused-ring (bicyclic) bond motifs is 1. The number of nitrogens with zero attached hydrogens (tertiary/aromatic N) is 1. The predicted molar refractivity (Wildman–Crippen MR) is 60.7 cm³/mol. The zero-order valence-electron chi connectivity index (χ0n) is 9.31. The van der Waals surface area contributed by atoms with Crippen molar-refractivity contribution >= 4 is 6.29 Å². The molecule has 1 aromatic rings. The molecule has 0 N–H and O–H groups in total. The van der Waals surface area contributed by atoms with Gasteiger partial charge >= 0.3 is 0 Å². The van der Waals surface area contributed by atoms with Crippen molar-refractivity contribution in [3.05, 3.63) is 35.4 Å². The van der Waals surface area contributed by atoms with Crippen molar-refractivity contribution < 1.29 is 4.79 Å². The van der Waals surface area contributed by atoms with Crippen LogP contribution in [0.1, 0.15) is 25.0 Å². The zero-order chi connectivity index (χ0) is 10.8. The fourth-order valence-corrected chi connectivity index (χ4v) is 2.26. The van der Waals surface area contributed by atoms with Crippen molar-refractivity contribution in [1.29, 1.82) is 0 Å². The largest absolute Gasteiger partial charge is 0.302 e. The Kier molecular flexibility index (Phi) is 2.87. The molecule has 0 saturated heterocycles. The van der Waals surface area contributed by atoms with Gasteiger partial charge in [0, 0.05) is 12.6 Å². The molecule has 1 aromatic carbocycles. The van der Waals surface area contributed by atoms with E-state index in [9.17, 15) is 4.79 Å². The molecular formula is C13H17NO. The number of carbonyl (C=O) groups is 1. The molecule has 0 radical (unpaired) electrons. The number of rotatable bonds is 2. The molecule has 2 nitrogen and oxygen atoms in total. The van der Waals surface area contributed by atoms with Gasteiger partial charge in [-0.1, -0.05) is 24.3 Å². The van der Waals surface area contributed by atoms with E-state index in [-0.39, 0.29) is 6.04 Å². The molecule has 0 spiro atoms. The van der Waals surface area contributed by atoms with Gasteiger partial charge in [-0.25, -0.2) is 0 Å². The summed E-state index contributed by atoms with van der Waals surface area (Å²) in [6, 6.07) is 8.88. The first-order valence-electron chi connectivity index (χ1n) is 5.50. The fourth-order valence-electron chi connectivity index (χ4n) is 2.26. The molecular weight excluding hydrogens is 186 g/mol. The SMILES string of the molecule is CC(C)N1Cc2ccccc2C[C@H]1C=O. The second kappa shape index (κ2) is 4.15. The van der Waals surface area contributed by atoms with Gasteiger partial charge in [-0.3, -0.25) is 4.90 Å². The van der Waals surface area contributed by atoms with Crippen LogP contribution < -0.4 is 0 Å². The van der Waals surface area contributed by atoms with Gasteiger partial charge in [-0.15, -0.1) is 0 Å². The van der Waals surface area contributed by atoms with Crippen molar-refractivity contribution in [2.24, 2.45) is 0 Å². The summed E-state index contributed by atoms with van der Waals surface area (Å²) in [4.78, 5) is 13.3. The van der Waals surface area contributed by atoms with E-state index >= 15 is 0 Å².